The molecule has 0 saturated heterocycles. The summed E-state index contributed by atoms with van der Waals surface area (Å²) in [7, 11) is 0. The normalized spacial score (nSPS) is 16.7. The van der Waals surface area contributed by atoms with E-state index in [0.717, 1.165) is 24.2 Å². The molecule has 21 heavy (non-hydrogen) atoms. The van der Waals surface area contributed by atoms with E-state index in [-0.39, 0.29) is 6.04 Å². The van der Waals surface area contributed by atoms with E-state index in [9.17, 15) is 0 Å². The average Bonchev–Trinajstić information content (AvgIpc) is 3.18. The third-order valence-electron chi connectivity index (χ3n) is 3.94. The van der Waals surface area contributed by atoms with Crippen LogP contribution >= 0.6 is 0 Å². The maximum absolute atomic E-state index is 4.54. The Balaban J connectivity index is 1.67. The first-order chi connectivity index (χ1) is 10.4. The van der Waals surface area contributed by atoms with Gasteiger partial charge in [-0.05, 0) is 42.7 Å². The summed E-state index contributed by atoms with van der Waals surface area (Å²) in [4.78, 5) is 4.54. The molecule has 2 heterocycles. The number of aromatic nitrogens is 3. The molecule has 1 N–H and O–H groups in total. The lowest BCUT2D eigenvalue weighted by molar-refractivity contribution is 0.743. The number of benzene rings is 1. The Kier molecular flexibility index (Phi) is 2.92. The van der Waals surface area contributed by atoms with Crippen LogP contribution in [-0.4, -0.2) is 14.8 Å². The third kappa shape index (κ3) is 2.18. The van der Waals surface area contributed by atoms with Crippen LogP contribution in [0, 0.1) is 0 Å². The summed E-state index contributed by atoms with van der Waals surface area (Å²) in [5, 5.41) is 7.96. The largest absolute Gasteiger partial charge is 0.375 e. The second-order valence-corrected chi connectivity index (χ2v) is 5.25. The van der Waals surface area contributed by atoms with Crippen molar-refractivity contribution in [3.05, 3.63) is 72.3 Å². The number of aryl methyl sites for hydroxylation is 1. The molecule has 0 bridgehead atoms. The molecule has 104 valence electrons. The molecule has 0 radical (unpaired) electrons. The predicted octanol–water partition coefficient (Wildman–Crippen LogP) is 3.37. The summed E-state index contributed by atoms with van der Waals surface area (Å²) in [6, 6.07) is 14.6. The molecule has 3 aromatic rings. The highest BCUT2D eigenvalue weighted by Crippen LogP contribution is 2.33. The molecule has 0 saturated carbocycles. The van der Waals surface area contributed by atoms with Crippen molar-refractivity contribution in [3.63, 3.8) is 0 Å². The Morgan fingerprint density at radius 3 is 2.90 bits per heavy atom. The quantitative estimate of drug-likeness (QED) is 0.797. The van der Waals surface area contributed by atoms with Gasteiger partial charge in [-0.1, -0.05) is 18.2 Å². The number of hydrogen-bond donors (Lipinski definition) is 1. The number of anilines is 1. The molecule has 0 spiro atoms. The van der Waals surface area contributed by atoms with Crippen LogP contribution in [-0.2, 0) is 6.42 Å². The fourth-order valence-electron chi connectivity index (χ4n) is 2.95. The average molecular weight is 276 g/mol. The van der Waals surface area contributed by atoms with Gasteiger partial charge < -0.3 is 5.32 Å². The van der Waals surface area contributed by atoms with Crippen LogP contribution in [0.25, 0.3) is 5.69 Å². The minimum atomic E-state index is 0.276. The van der Waals surface area contributed by atoms with E-state index in [1.807, 2.05) is 41.3 Å². The van der Waals surface area contributed by atoms with Crippen LogP contribution in [0.15, 0.2) is 61.1 Å². The van der Waals surface area contributed by atoms with Gasteiger partial charge in [0.1, 0.15) is 0 Å². The van der Waals surface area contributed by atoms with Gasteiger partial charge in [-0.3, -0.25) is 4.98 Å². The molecule has 0 aliphatic heterocycles. The fourth-order valence-corrected chi connectivity index (χ4v) is 2.95. The molecule has 1 atom stereocenters. The number of rotatable bonds is 3. The van der Waals surface area contributed by atoms with Gasteiger partial charge in [-0.2, -0.15) is 5.10 Å². The Morgan fingerprint density at radius 2 is 2.00 bits per heavy atom. The summed E-state index contributed by atoms with van der Waals surface area (Å²) in [5.74, 6) is 0. The summed E-state index contributed by atoms with van der Waals surface area (Å²) in [5.41, 5.74) is 4.68. The molecular weight excluding hydrogens is 260 g/mol. The lowest BCUT2D eigenvalue weighted by atomic mass is 10.2. The van der Waals surface area contributed by atoms with Crippen LogP contribution in [0.3, 0.4) is 0 Å². The molecule has 4 rings (SSSR count). The van der Waals surface area contributed by atoms with E-state index in [2.05, 4.69) is 33.6 Å². The standard InChI is InChI=1S/C17H16N4/c1-2-7-16(21-12-4-11-19-21)14(6-1)20-15-9-8-13-5-3-10-18-17(13)15/h1-7,10-12,15,20H,8-9H2. The molecule has 0 amide bonds. The maximum atomic E-state index is 4.54. The highest BCUT2D eigenvalue weighted by Gasteiger charge is 2.24. The SMILES string of the molecule is c1cnc2c(c1)CCC2Nc1ccccc1-n1cccn1. The second-order valence-electron chi connectivity index (χ2n) is 5.25. The zero-order valence-corrected chi connectivity index (χ0v) is 11.6. The van der Waals surface area contributed by atoms with Gasteiger partial charge in [-0.25, -0.2) is 4.68 Å². The number of pyridine rings is 1. The van der Waals surface area contributed by atoms with Gasteiger partial charge >= 0.3 is 0 Å². The first kappa shape index (κ1) is 12.1. The zero-order chi connectivity index (χ0) is 14.1. The maximum Gasteiger partial charge on any atom is 0.0877 e. The van der Waals surface area contributed by atoms with Gasteiger partial charge in [-0.15, -0.1) is 0 Å². The number of hydrogen-bond acceptors (Lipinski definition) is 3. The molecular formula is C17H16N4. The monoisotopic (exact) mass is 276 g/mol. The number of nitrogens with one attached hydrogen (secondary N) is 1. The lowest BCUT2D eigenvalue weighted by Crippen LogP contribution is -2.11. The Hall–Kier alpha value is -2.62. The van der Waals surface area contributed by atoms with Crippen molar-refractivity contribution >= 4 is 5.69 Å². The molecule has 0 fully saturated rings. The third-order valence-corrected chi connectivity index (χ3v) is 3.94. The Labute approximate surface area is 123 Å². The van der Waals surface area contributed by atoms with Crippen LogP contribution in [0.5, 0.6) is 0 Å². The highest BCUT2D eigenvalue weighted by molar-refractivity contribution is 5.61. The molecule has 4 nitrogen and oxygen atoms in total. The topological polar surface area (TPSA) is 42.7 Å². The van der Waals surface area contributed by atoms with Crippen molar-refractivity contribution in [2.24, 2.45) is 0 Å². The second kappa shape index (κ2) is 5.05. The van der Waals surface area contributed by atoms with Crippen LogP contribution in [0.4, 0.5) is 5.69 Å². The van der Waals surface area contributed by atoms with E-state index >= 15 is 0 Å². The van der Waals surface area contributed by atoms with E-state index in [1.54, 1.807) is 6.20 Å². The van der Waals surface area contributed by atoms with Gasteiger partial charge in [0.05, 0.1) is 23.1 Å². The van der Waals surface area contributed by atoms with Crippen LogP contribution in [0.2, 0.25) is 0 Å². The van der Waals surface area contributed by atoms with Crippen molar-refractivity contribution in [2.75, 3.05) is 5.32 Å². The van der Waals surface area contributed by atoms with Crippen molar-refractivity contribution in [1.82, 2.24) is 14.8 Å². The minimum absolute atomic E-state index is 0.276. The first-order valence-corrected chi connectivity index (χ1v) is 7.21. The molecule has 1 aliphatic carbocycles. The van der Waals surface area contributed by atoms with Crippen LogP contribution < -0.4 is 5.32 Å². The van der Waals surface area contributed by atoms with E-state index in [0.29, 0.717) is 0 Å². The number of fused-ring (bicyclic) bond motifs is 1. The van der Waals surface area contributed by atoms with Gasteiger partial charge in [0.15, 0.2) is 0 Å². The summed E-state index contributed by atoms with van der Waals surface area (Å²) >= 11 is 0. The van der Waals surface area contributed by atoms with Crippen molar-refractivity contribution in [3.8, 4) is 5.69 Å². The zero-order valence-electron chi connectivity index (χ0n) is 11.6. The predicted molar refractivity (Wildman–Crippen MR) is 82.5 cm³/mol. The first-order valence-electron chi connectivity index (χ1n) is 7.21. The fraction of sp³-hybridized carbons (Fsp3) is 0.176. The van der Waals surface area contributed by atoms with Crippen molar-refractivity contribution < 1.29 is 0 Å². The smallest absolute Gasteiger partial charge is 0.0877 e. The Bertz CT molecular complexity index is 749. The van der Waals surface area contributed by atoms with Gasteiger partial charge in [0.25, 0.3) is 0 Å². The van der Waals surface area contributed by atoms with Gasteiger partial charge in [0.2, 0.25) is 0 Å². The van der Waals surface area contributed by atoms with Gasteiger partial charge in [0, 0.05) is 18.6 Å². The molecule has 2 aromatic heterocycles. The summed E-state index contributed by atoms with van der Waals surface area (Å²) in [6.45, 7) is 0. The summed E-state index contributed by atoms with van der Waals surface area (Å²) in [6.07, 6.45) is 7.80. The molecule has 1 unspecified atom stereocenters. The van der Waals surface area contributed by atoms with E-state index in [4.69, 9.17) is 0 Å². The van der Waals surface area contributed by atoms with Crippen molar-refractivity contribution in [1.29, 1.82) is 0 Å². The Morgan fingerprint density at radius 1 is 1.05 bits per heavy atom. The minimum Gasteiger partial charge on any atom is -0.375 e. The lowest BCUT2D eigenvalue weighted by Gasteiger charge is -2.17. The van der Waals surface area contributed by atoms with E-state index in [1.165, 1.54) is 11.3 Å². The molecule has 1 aromatic carbocycles. The number of nitrogens with zero attached hydrogens (tertiary/aromatic N) is 3. The van der Waals surface area contributed by atoms with E-state index < -0.39 is 0 Å². The highest BCUT2D eigenvalue weighted by atomic mass is 15.3. The summed E-state index contributed by atoms with van der Waals surface area (Å²) < 4.78 is 1.89. The van der Waals surface area contributed by atoms with Crippen LogP contribution in [0.1, 0.15) is 23.7 Å². The van der Waals surface area contributed by atoms with Crippen molar-refractivity contribution in [2.45, 2.75) is 18.9 Å². The number of para-hydroxylation sites is 2. The molecule has 4 heteroatoms. The molecule has 1 aliphatic rings.